The molecule has 0 fully saturated rings. The normalized spacial score (nSPS) is 12.2. The van der Waals surface area contributed by atoms with Crippen LogP contribution in [-0.2, 0) is 0 Å². The Balaban J connectivity index is 2.33. The van der Waals surface area contributed by atoms with E-state index in [9.17, 15) is 4.79 Å². The smallest absolute Gasteiger partial charge is 0.272 e. The van der Waals surface area contributed by atoms with Gasteiger partial charge < -0.3 is 10.4 Å². The number of carbonyl (C=O) groups excluding carboxylic acids is 1. The summed E-state index contributed by atoms with van der Waals surface area (Å²) in [6.07, 6.45) is 0. The topological polar surface area (TPSA) is 67.2 Å². The van der Waals surface area contributed by atoms with Crippen LogP contribution in [-0.4, -0.2) is 33.4 Å². The summed E-state index contributed by atoms with van der Waals surface area (Å²) in [5.41, 5.74) is 4.49. The molecule has 0 aliphatic heterocycles. The Morgan fingerprint density at radius 1 is 1.24 bits per heavy atom. The zero-order chi connectivity index (χ0) is 15.6. The predicted octanol–water partition coefficient (Wildman–Crippen LogP) is 1.91. The van der Waals surface area contributed by atoms with E-state index in [0.29, 0.717) is 5.69 Å². The Kier molecular flexibility index (Phi) is 4.43. The molecule has 0 radical (unpaired) electrons. The number of aryl methyl sites for hydroxylation is 3. The first-order chi connectivity index (χ1) is 9.90. The highest BCUT2D eigenvalue weighted by atomic mass is 16.3. The Morgan fingerprint density at radius 3 is 2.43 bits per heavy atom. The molecule has 5 nitrogen and oxygen atoms in total. The largest absolute Gasteiger partial charge is 0.394 e. The molecule has 2 N–H and O–H groups in total. The zero-order valence-electron chi connectivity index (χ0n) is 12.8. The third-order valence-electron chi connectivity index (χ3n) is 3.22. The van der Waals surface area contributed by atoms with Crippen LogP contribution in [0.1, 0.15) is 34.2 Å². The number of nitrogens with zero attached hydrogens (tertiary/aromatic N) is 2. The van der Waals surface area contributed by atoms with Crippen LogP contribution in [0.5, 0.6) is 0 Å². The van der Waals surface area contributed by atoms with Crippen molar-refractivity contribution in [2.75, 3.05) is 6.61 Å². The Morgan fingerprint density at radius 2 is 1.86 bits per heavy atom. The summed E-state index contributed by atoms with van der Waals surface area (Å²) in [5, 5.41) is 16.1. The quantitative estimate of drug-likeness (QED) is 0.902. The van der Waals surface area contributed by atoms with Crippen molar-refractivity contribution in [2.24, 2.45) is 0 Å². The first kappa shape index (κ1) is 15.3. The van der Waals surface area contributed by atoms with E-state index in [4.69, 9.17) is 5.11 Å². The van der Waals surface area contributed by atoms with E-state index in [1.165, 1.54) is 0 Å². The number of amides is 1. The summed E-state index contributed by atoms with van der Waals surface area (Å²) in [7, 11) is 0. The first-order valence-electron chi connectivity index (χ1n) is 6.97. The monoisotopic (exact) mass is 287 g/mol. The Bertz CT molecular complexity index is 641. The van der Waals surface area contributed by atoms with Crippen LogP contribution in [0.3, 0.4) is 0 Å². The fourth-order valence-corrected chi connectivity index (χ4v) is 2.26. The second-order valence-electron chi connectivity index (χ2n) is 5.49. The number of carbonyl (C=O) groups is 1. The minimum atomic E-state index is -0.288. The highest BCUT2D eigenvalue weighted by molar-refractivity contribution is 5.92. The van der Waals surface area contributed by atoms with E-state index in [0.717, 1.165) is 22.5 Å². The van der Waals surface area contributed by atoms with Crippen molar-refractivity contribution >= 4 is 5.91 Å². The second kappa shape index (κ2) is 6.10. The first-order valence-corrected chi connectivity index (χ1v) is 6.97. The van der Waals surface area contributed by atoms with Crippen molar-refractivity contribution < 1.29 is 9.90 Å². The van der Waals surface area contributed by atoms with Gasteiger partial charge in [-0.1, -0.05) is 6.07 Å². The molecule has 0 bridgehead atoms. The van der Waals surface area contributed by atoms with E-state index in [2.05, 4.69) is 16.5 Å². The lowest BCUT2D eigenvalue weighted by Crippen LogP contribution is -2.35. The molecule has 5 heteroatoms. The van der Waals surface area contributed by atoms with Crippen molar-refractivity contribution in [3.8, 4) is 5.69 Å². The molecule has 1 unspecified atom stereocenters. The molecular formula is C16H21N3O2. The van der Waals surface area contributed by atoms with Crippen LogP contribution < -0.4 is 5.32 Å². The number of rotatable bonds is 4. The molecule has 1 amide bonds. The molecule has 1 aromatic heterocycles. The molecule has 1 heterocycles. The second-order valence-corrected chi connectivity index (χ2v) is 5.49. The van der Waals surface area contributed by atoms with Gasteiger partial charge >= 0.3 is 0 Å². The van der Waals surface area contributed by atoms with E-state index in [-0.39, 0.29) is 18.6 Å². The van der Waals surface area contributed by atoms with Gasteiger partial charge in [0.05, 0.1) is 12.3 Å². The maximum Gasteiger partial charge on any atom is 0.272 e. The van der Waals surface area contributed by atoms with Gasteiger partial charge in [0.25, 0.3) is 5.91 Å². The fraction of sp³-hybridized carbons (Fsp3) is 0.375. The predicted molar refractivity (Wildman–Crippen MR) is 81.8 cm³/mol. The van der Waals surface area contributed by atoms with Crippen molar-refractivity contribution in [3.63, 3.8) is 0 Å². The molecule has 0 spiro atoms. The molecule has 1 atom stereocenters. The van der Waals surface area contributed by atoms with E-state index in [1.807, 2.05) is 32.9 Å². The number of hydrogen-bond acceptors (Lipinski definition) is 3. The minimum Gasteiger partial charge on any atom is -0.394 e. The lowest BCUT2D eigenvalue weighted by molar-refractivity contribution is 0.0917. The lowest BCUT2D eigenvalue weighted by atomic mass is 10.1. The number of hydrogen-bond donors (Lipinski definition) is 2. The van der Waals surface area contributed by atoms with Gasteiger partial charge in [-0.15, -0.1) is 0 Å². The van der Waals surface area contributed by atoms with Crippen LogP contribution in [0.25, 0.3) is 5.69 Å². The Labute approximate surface area is 124 Å². The number of benzene rings is 1. The fourth-order valence-electron chi connectivity index (χ4n) is 2.26. The number of aliphatic hydroxyl groups is 1. The van der Waals surface area contributed by atoms with E-state index < -0.39 is 0 Å². The van der Waals surface area contributed by atoms with Gasteiger partial charge in [0.15, 0.2) is 5.69 Å². The molecular weight excluding hydrogens is 266 g/mol. The van der Waals surface area contributed by atoms with Gasteiger partial charge in [0.1, 0.15) is 0 Å². The third-order valence-corrected chi connectivity index (χ3v) is 3.22. The van der Waals surface area contributed by atoms with Gasteiger partial charge in [0.2, 0.25) is 0 Å². The average molecular weight is 287 g/mol. The summed E-state index contributed by atoms with van der Waals surface area (Å²) in [5.74, 6) is -0.275. The maximum atomic E-state index is 12.0. The van der Waals surface area contributed by atoms with Crippen LogP contribution in [0, 0.1) is 20.8 Å². The van der Waals surface area contributed by atoms with Crippen LogP contribution in [0.2, 0.25) is 0 Å². The molecule has 0 aliphatic carbocycles. The van der Waals surface area contributed by atoms with Crippen molar-refractivity contribution in [1.29, 1.82) is 0 Å². The molecule has 2 aromatic rings. The highest BCUT2D eigenvalue weighted by Gasteiger charge is 2.15. The molecule has 1 aromatic carbocycles. The van der Waals surface area contributed by atoms with Crippen LogP contribution >= 0.6 is 0 Å². The SMILES string of the molecule is Cc1cc(C)cc(-n2nc(C(=O)NC(C)CO)cc2C)c1. The number of nitrogens with one attached hydrogen (secondary N) is 1. The third kappa shape index (κ3) is 3.49. The van der Waals surface area contributed by atoms with Gasteiger partial charge in [-0.3, -0.25) is 4.79 Å². The number of aliphatic hydroxyl groups excluding tert-OH is 1. The zero-order valence-corrected chi connectivity index (χ0v) is 12.8. The summed E-state index contributed by atoms with van der Waals surface area (Å²) >= 11 is 0. The summed E-state index contributed by atoms with van der Waals surface area (Å²) < 4.78 is 1.76. The van der Waals surface area contributed by atoms with Crippen molar-refractivity contribution in [3.05, 3.63) is 46.8 Å². The molecule has 112 valence electrons. The molecule has 2 rings (SSSR count). The summed E-state index contributed by atoms with van der Waals surface area (Å²) in [6, 6.07) is 7.62. The molecule has 0 saturated heterocycles. The molecule has 21 heavy (non-hydrogen) atoms. The minimum absolute atomic E-state index is 0.0947. The summed E-state index contributed by atoms with van der Waals surface area (Å²) in [4.78, 5) is 12.0. The lowest BCUT2D eigenvalue weighted by Gasteiger charge is -2.09. The highest BCUT2D eigenvalue weighted by Crippen LogP contribution is 2.16. The van der Waals surface area contributed by atoms with Gasteiger partial charge in [-0.25, -0.2) is 4.68 Å². The summed E-state index contributed by atoms with van der Waals surface area (Å²) in [6.45, 7) is 7.63. The van der Waals surface area contributed by atoms with E-state index >= 15 is 0 Å². The van der Waals surface area contributed by atoms with E-state index in [1.54, 1.807) is 17.7 Å². The standard InChI is InChI=1S/C16H21N3O2/c1-10-5-11(2)7-14(6-10)19-13(4)8-15(18-19)16(21)17-12(3)9-20/h5-8,12,20H,9H2,1-4H3,(H,17,21). The van der Waals surface area contributed by atoms with Gasteiger partial charge in [0, 0.05) is 11.7 Å². The van der Waals surface area contributed by atoms with Crippen molar-refractivity contribution in [2.45, 2.75) is 33.7 Å². The Hall–Kier alpha value is -2.14. The van der Waals surface area contributed by atoms with Gasteiger partial charge in [-0.05, 0) is 57.0 Å². The molecule has 0 aliphatic rings. The number of aromatic nitrogens is 2. The van der Waals surface area contributed by atoms with Crippen LogP contribution in [0.15, 0.2) is 24.3 Å². The average Bonchev–Trinajstić information content (AvgIpc) is 2.79. The maximum absolute atomic E-state index is 12.0. The van der Waals surface area contributed by atoms with Crippen molar-refractivity contribution in [1.82, 2.24) is 15.1 Å². The van der Waals surface area contributed by atoms with Crippen LogP contribution in [0.4, 0.5) is 0 Å². The molecule has 0 saturated carbocycles. The van der Waals surface area contributed by atoms with Gasteiger partial charge in [-0.2, -0.15) is 5.10 Å².